The molecule has 0 fully saturated rings. The zero-order chi connectivity index (χ0) is 19.9. The zero-order valence-electron chi connectivity index (χ0n) is 15.3. The minimum Gasteiger partial charge on any atom is -0.459 e. The van der Waals surface area contributed by atoms with Crippen LogP contribution in [0.1, 0.15) is 27.2 Å². The average Bonchev–Trinajstić information content (AvgIpc) is 3.23. The van der Waals surface area contributed by atoms with Gasteiger partial charge in [-0.15, -0.1) is 0 Å². The molecule has 0 spiro atoms. The van der Waals surface area contributed by atoms with Crippen LogP contribution in [-0.4, -0.2) is 11.9 Å². The number of rotatable bonds is 6. The lowest BCUT2D eigenvalue weighted by molar-refractivity contribution is 0.0996. The number of aryl methyl sites for hydroxylation is 1. The number of amides is 3. The Kier molecular flexibility index (Phi) is 6.06. The summed E-state index contributed by atoms with van der Waals surface area (Å²) in [6.07, 6.45) is 1.44. The normalized spacial score (nSPS) is 10.4. The van der Waals surface area contributed by atoms with Crippen LogP contribution in [0.2, 0.25) is 0 Å². The molecule has 1 heterocycles. The van der Waals surface area contributed by atoms with Crippen molar-refractivity contribution in [1.82, 2.24) is 10.6 Å². The molecule has 0 aliphatic carbocycles. The molecule has 0 atom stereocenters. The Labute approximate surface area is 161 Å². The molecule has 0 aliphatic rings. The highest BCUT2D eigenvalue weighted by atomic mass is 19.1. The molecule has 0 saturated carbocycles. The van der Waals surface area contributed by atoms with E-state index in [0.717, 1.165) is 11.1 Å². The Morgan fingerprint density at radius 2 is 1.64 bits per heavy atom. The van der Waals surface area contributed by atoms with Crippen LogP contribution in [-0.2, 0) is 13.1 Å². The predicted octanol–water partition coefficient (Wildman–Crippen LogP) is 3.98. The van der Waals surface area contributed by atoms with Gasteiger partial charge in [-0.1, -0.05) is 24.3 Å². The van der Waals surface area contributed by atoms with Gasteiger partial charge in [0.25, 0.3) is 5.91 Å². The van der Waals surface area contributed by atoms with Crippen molar-refractivity contribution >= 4 is 17.6 Å². The predicted molar refractivity (Wildman–Crippen MR) is 103 cm³/mol. The highest BCUT2D eigenvalue weighted by molar-refractivity contribution is 6.02. The third kappa shape index (κ3) is 5.20. The highest BCUT2D eigenvalue weighted by Crippen LogP contribution is 2.12. The van der Waals surface area contributed by atoms with Gasteiger partial charge in [-0.3, -0.25) is 4.79 Å². The largest absolute Gasteiger partial charge is 0.459 e. The molecular weight excluding hydrogens is 361 g/mol. The second-order valence-corrected chi connectivity index (χ2v) is 6.25. The summed E-state index contributed by atoms with van der Waals surface area (Å²) < 4.78 is 18.3. The van der Waals surface area contributed by atoms with E-state index in [2.05, 4.69) is 16.0 Å². The van der Waals surface area contributed by atoms with Crippen molar-refractivity contribution in [2.75, 3.05) is 5.32 Å². The fourth-order valence-corrected chi connectivity index (χ4v) is 2.55. The summed E-state index contributed by atoms with van der Waals surface area (Å²) >= 11 is 0. The van der Waals surface area contributed by atoms with E-state index in [-0.39, 0.29) is 23.5 Å². The summed E-state index contributed by atoms with van der Waals surface area (Å²) in [6.45, 7) is 2.32. The molecule has 0 aliphatic heterocycles. The van der Waals surface area contributed by atoms with Crippen molar-refractivity contribution in [1.29, 1.82) is 0 Å². The third-order valence-electron chi connectivity index (χ3n) is 4.09. The fourth-order valence-electron chi connectivity index (χ4n) is 2.55. The van der Waals surface area contributed by atoms with Gasteiger partial charge in [0.15, 0.2) is 5.76 Å². The second kappa shape index (κ2) is 8.85. The Hall–Kier alpha value is -3.61. The molecule has 3 rings (SSSR count). The Balaban J connectivity index is 1.44. The minimum atomic E-state index is -0.328. The van der Waals surface area contributed by atoms with Crippen molar-refractivity contribution in [2.45, 2.75) is 20.0 Å². The van der Waals surface area contributed by atoms with Crippen LogP contribution in [0, 0.1) is 12.7 Å². The lowest BCUT2D eigenvalue weighted by atomic mass is 10.1. The molecule has 0 saturated heterocycles. The summed E-state index contributed by atoms with van der Waals surface area (Å²) in [6, 6.07) is 14.7. The first-order valence-corrected chi connectivity index (χ1v) is 8.72. The number of benzene rings is 2. The maximum Gasteiger partial charge on any atom is 0.315 e. The lowest BCUT2D eigenvalue weighted by Crippen LogP contribution is -2.34. The van der Waals surface area contributed by atoms with E-state index in [1.54, 1.807) is 55.5 Å². The fraction of sp³-hybridized carbons (Fsp3) is 0.143. The van der Waals surface area contributed by atoms with E-state index >= 15 is 0 Å². The summed E-state index contributed by atoms with van der Waals surface area (Å²) in [5.74, 6) is -0.359. The number of furan rings is 1. The highest BCUT2D eigenvalue weighted by Gasteiger charge is 2.08. The lowest BCUT2D eigenvalue weighted by Gasteiger charge is -2.09. The monoisotopic (exact) mass is 381 g/mol. The smallest absolute Gasteiger partial charge is 0.315 e. The maximum absolute atomic E-state index is 13.2. The van der Waals surface area contributed by atoms with E-state index in [0.29, 0.717) is 24.3 Å². The topological polar surface area (TPSA) is 83.4 Å². The van der Waals surface area contributed by atoms with Crippen LogP contribution < -0.4 is 16.0 Å². The van der Waals surface area contributed by atoms with Gasteiger partial charge in [-0.2, -0.15) is 0 Å². The van der Waals surface area contributed by atoms with E-state index in [1.165, 1.54) is 12.3 Å². The van der Waals surface area contributed by atoms with E-state index in [9.17, 15) is 14.0 Å². The number of urea groups is 1. The van der Waals surface area contributed by atoms with Crippen LogP contribution in [0.25, 0.3) is 0 Å². The van der Waals surface area contributed by atoms with Crippen LogP contribution in [0.3, 0.4) is 0 Å². The molecule has 0 unspecified atom stereocenters. The molecule has 3 N–H and O–H groups in total. The van der Waals surface area contributed by atoms with E-state index in [4.69, 9.17) is 4.42 Å². The van der Waals surface area contributed by atoms with E-state index < -0.39 is 0 Å². The summed E-state index contributed by atoms with van der Waals surface area (Å²) in [4.78, 5) is 23.8. The first-order chi connectivity index (χ1) is 13.5. The number of anilines is 1. The standard InChI is InChI=1S/C21H20FN3O3/c1-14-11-16(6-9-18(14)22)13-24-21(27)23-12-15-4-7-17(8-5-15)25-20(26)19-3-2-10-28-19/h2-11H,12-13H2,1H3,(H,25,26)(H2,23,24,27). The maximum atomic E-state index is 13.2. The van der Waals surface area contributed by atoms with Gasteiger partial charge in [0.05, 0.1) is 6.26 Å². The van der Waals surface area contributed by atoms with Crippen LogP contribution in [0.15, 0.2) is 65.3 Å². The number of halogens is 1. The molecule has 0 bridgehead atoms. The molecule has 3 amide bonds. The van der Waals surface area contributed by atoms with Crippen LogP contribution in [0.5, 0.6) is 0 Å². The molecule has 2 aromatic carbocycles. The Bertz CT molecular complexity index is 954. The van der Waals surface area contributed by atoms with Gasteiger partial charge in [-0.25, -0.2) is 9.18 Å². The number of carbonyl (C=O) groups is 2. The summed E-state index contributed by atoms with van der Waals surface area (Å²) in [5.41, 5.74) is 2.87. The van der Waals surface area contributed by atoms with Crippen molar-refractivity contribution in [3.8, 4) is 0 Å². The number of hydrogen-bond acceptors (Lipinski definition) is 3. The van der Waals surface area contributed by atoms with Crippen molar-refractivity contribution in [3.63, 3.8) is 0 Å². The number of carbonyl (C=O) groups excluding carboxylic acids is 2. The average molecular weight is 381 g/mol. The van der Waals surface area contributed by atoms with Gasteiger partial charge < -0.3 is 20.4 Å². The molecular formula is C21H20FN3O3. The quantitative estimate of drug-likeness (QED) is 0.604. The number of hydrogen-bond donors (Lipinski definition) is 3. The first-order valence-electron chi connectivity index (χ1n) is 8.72. The molecule has 6 nitrogen and oxygen atoms in total. The molecule has 144 valence electrons. The zero-order valence-corrected chi connectivity index (χ0v) is 15.3. The van der Waals surface area contributed by atoms with Crippen molar-refractivity contribution < 1.29 is 18.4 Å². The SMILES string of the molecule is Cc1cc(CNC(=O)NCc2ccc(NC(=O)c3ccco3)cc2)ccc1F. The van der Waals surface area contributed by atoms with Gasteiger partial charge >= 0.3 is 6.03 Å². The summed E-state index contributed by atoms with van der Waals surface area (Å²) in [5, 5.41) is 8.20. The van der Waals surface area contributed by atoms with E-state index in [1.807, 2.05) is 0 Å². The van der Waals surface area contributed by atoms with Crippen molar-refractivity contribution in [3.05, 3.63) is 89.1 Å². The van der Waals surface area contributed by atoms with Gasteiger partial charge in [0, 0.05) is 18.8 Å². The molecule has 0 radical (unpaired) electrons. The minimum absolute atomic E-state index is 0.235. The van der Waals surface area contributed by atoms with Crippen LogP contribution in [0.4, 0.5) is 14.9 Å². The van der Waals surface area contributed by atoms with Gasteiger partial charge in [-0.05, 0) is 53.9 Å². The Morgan fingerprint density at radius 1 is 0.964 bits per heavy atom. The third-order valence-corrected chi connectivity index (χ3v) is 4.09. The first kappa shape index (κ1) is 19.2. The van der Waals surface area contributed by atoms with Gasteiger partial charge in [0.1, 0.15) is 5.82 Å². The molecule has 7 heteroatoms. The molecule has 3 aromatic rings. The molecule has 1 aromatic heterocycles. The molecule has 28 heavy (non-hydrogen) atoms. The van der Waals surface area contributed by atoms with Crippen LogP contribution >= 0.6 is 0 Å². The summed E-state index contributed by atoms with van der Waals surface area (Å²) in [7, 11) is 0. The second-order valence-electron chi connectivity index (χ2n) is 6.25. The van der Waals surface area contributed by atoms with Gasteiger partial charge in [0.2, 0.25) is 0 Å². The van der Waals surface area contributed by atoms with Crippen molar-refractivity contribution in [2.24, 2.45) is 0 Å². The number of nitrogens with one attached hydrogen (secondary N) is 3. The Morgan fingerprint density at radius 3 is 2.29 bits per heavy atom.